The third kappa shape index (κ3) is 11.2. The second-order valence-corrected chi connectivity index (χ2v) is 17.2. The molecule has 23 heteroatoms. The quantitative estimate of drug-likeness (QED) is 0.0551. The second-order valence-electron chi connectivity index (χ2n) is 17.2. The third-order valence-electron chi connectivity index (χ3n) is 12.4. The molecule has 0 saturated carbocycles. The van der Waals surface area contributed by atoms with Crippen LogP contribution < -0.4 is 53.8 Å². The van der Waals surface area contributed by atoms with Gasteiger partial charge in [0.1, 0.15) is 42.0 Å². The van der Waals surface area contributed by atoms with E-state index in [1.54, 1.807) is 72.9 Å². The number of aromatic nitrogens is 2. The summed E-state index contributed by atoms with van der Waals surface area (Å²) >= 11 is 0. The summed E-state index contributed by atoms with van der Waals surface area (Å²) in [7, 11) is 0. The first-order valence-corrected chi connectivity index (χ1v) is 22.5. The minimum absolute atomic E-state index is 0.0125. The van der Waals surface area contributed by atoms with Crippen LogP contribution in [-0.4, -0.2) is 135 Å². The first kappa shape index (κ1) is 50.0. The summed E-state index contributed by atoms with van der Waals surface area (Å²) in [5.41, 5.74) is 20.6. The lowest BCUT2D eigenvalue weighted by Crippen LogP contribution is -2.62. The van der Waals surface area contributed by atoms with Crippen molar-refractivity contribution in [3.8, 4) is 5.75 Å². The molecule has 8 rings (SSSR count). The number of hydrogen-bond donors (Lipinski definition) is 14. The number of carbonyl (C=O) groups excluding carboxylic acids is 7. The van der Waals surface area contributed by atoms with Gasteiger partial charge in [-0.25, -0.2) is 4.79 Å². The molecule has 0 fully saturated rings. The van der Waals surface area contributed by atoms with Crippen molar-refractivity contribution in [2.24, 2.45) is 17.2 Å². The van der Waals surface area contributed by atoms with Crippen molar-refractivity contribution < 1.29 is 58.4 Å². The number of carboxylic acid groups (broad SMARTS) is 1. The maximum atomic E-state index is 14.8. The molecule has 0 unspecified atom stereocenters. The van der Waals surface area contributed by atoms with E-state index < -0.39 is 121 Å². The number of aliphatic hydroxyl groups is 2. The molecule has 9 atom stereocenters. The predicted octanol–water partition coefficient (Wildman–Crippen LogP) is -2.42. The average Bonchev–Trinajstić information content (AvgIpc) is 3.96. The Hall–Kier alpha value is -7.86. The van der Waals surface area contributed by atoms with Crippen molar-refractivity contribution in [1.82, 2.24) is 41.9 Å². The lowest BCUT2D eigenvalue weighted by atomic mass is 9.85. The zero-order chi connectivity index (χ0) is 50.2. The summed E-state index contributed by atoms with van der Waals surface area (Å²) in [4.78, 5) is 116. The number of nitrogens with two attached hydrogens (primary N) is 3. The number of aliphatic hydroxyl groups excluding tert-OH is 2. The van der Waals surface area contributed by atoms with Gasteiger partial charge in [0.15, 0.2) is 6.10 Å². The van der Waals surface area contributed by atoms with Gasteiger partial charge in [-0.1, -0.05) is 54.6 Å². The number of carbonyl (C=O) groups is 8. The van der Waals surface area contributed by atoms with Crippen LogP contribution in [0.1, 0.15) is 53.5 Å². The van der Waals surface area contributed by atoms with Crippen LogP contribution in [0.15, 0.2) is 79.1 Å². The minimum Gasteiger partial charge on any atom is -0.481 e. The van der Waals surface area contributed by atoms with E-state index in [1.165, 1.54) is 6.20 Å². The van der Waals surface area contributed by atoms with E-state index in [1.807, 2.05) is 0 Å². The highest BCUT2D eigenvalue weighted by Gasteiger charge is 2.42. The van der Waals surface area contributed by atoms with Gasteiger partial charge in [0.2, 0.25) is 41.4 Å². The van der Waals surface area contributed by atoms with Crippen molar-refractivity contribution in [2.75, 3.05) is 19.8 Å². The second kappa shape index (κ2) is 22.1. The molecule has 0 radical (unpaired) electrons. The highest BCUT2D eigenvalue weighted by Crippen LogP contribution is 2.37. The van der Waals surface area contributed by atoms with Crippen molar-refractivity contribution in [1.29, 1.82) is 0 Å². The smallest absolute Gasteiger partial charge is 0.326 e. The van der Waals surface area contributed by atoms with Gasteiger partial charge in [-0.2, -0.15) is 0 Å². The molecule has 17 N–H and O–H groups in total. The van der Waals surface area contributed by atoms with E-state index in [-0.39, 0.29) is 31.6 Å². The molecule has 0 spiro atoms. The number of H-pyrrole nitrogens is 2. The Morgan fingerprint density at radius 1 is 0.800 bits per heavy atom. The lowest BCUT2D eigenvalue weighted by molar-refractivity contribution is -0.142. The van der Waals surface area contributed by atoms with Crippen LogP contribution in [0.2, 0.25) is 0 Å². The SMILES string of the molecule is NCCC[C@H]1c2ccc3c(c[nH]c3c2)[C@H]2Oc3cccc4c(c[nH]c34)C[C@H](N)C(=O)N[C@@H](CC(N)=O)C(=O)N[C@@H]2C(=O)N[C@@H](CO)C(=O)N[C@@H]1C(=O)N[C@@H](CO)C(=O)N[C@@H](Cc1ccccc1)C(=O)O. The fourth-order valence-electron chi connectivity index (χ4n) is 8.78. The molecule has 0 aliphatic carbocycles. The summed E-state index contributed by atoms with van der Waals surface area (Å²) in [5, 5.41) is 47.0. The molecule has 370 valence electrons. The summed E-state index contributed by atoms with van der Waals surface area (Å²) in [6.45, 7) is -1.89. The molecule has 5 heterocycles. The maximum absolute atomic E-state index is 14.8. The Bertz CT molecular complexity index is 2780. The van der Waals surface area contributed by atoms with Gasteiger partial charge >= 0.3 is 5.97 Å². The van der Waals surface area contributed by atoms with Crippen molar-refractivity contribution in [3.05, 3.63) is 101 Å². The molecular weight excluding hydrogens is 911 g/mol. The summed E-state index contributed by atoms with van der Waals surface area (Å²) in [6.07, 6.45) is 1.38. The molecular formula is C47H55N11O12. The average molecular weight is 966 g/mol. The molecule has 5 aromatic rings. The van der Waals surface area contributed by atoms with Crippen LogP contribution >= 0.6 is 0 Å². The van der Waals surface area contributed by atoms with E-state index in [2.05, 4.69) is 41.9 Å². The molecule has 3 aliphatic heterocycles. The Morgan fingerprint density at radius 3 is 2.24 bits per heavy atom. The minimum atomic E-state index is -1.83. The van der Waals surface area contributed by atoms with E-state index >= 15 is 0 Å². The Balaban J connectivity index is 1.31. The summed E-state index contributed by atoms with van der Waals surface area (Å²) in [5.74, 6) is -9.20. The number of carboxylic acids is 1. The number of aliphatic carboxylic acids is 1. The van der Waals surface area contributed by atoms with Crippen LogP contribution in [0.3, 0.4) is 0 Å². The number of hydrogen-bond acceptors (Lipinski definition) is 13. The van der Waals surface area contributed by atoms with Crippen LogP contribution in [0, 0.1) is 0 Å². The number of nitrogens with one attached hydrogen (secondary N) is 8. The standard InChI is InChI=1S/C47H55N11O12/c48-13-5-9-25-23-11-12-27-28(19-51-30(27)16-23)40-39(58-42(63)31(17-36(50)61)53-41(62)29(49)15-24-18-52-37-26(24)8-4-10-35(37)70-40)46(67)56-34(21-60)44(65)57-38(25)45(66)55-33(20-59)43(64)54-32(47(68)69)14-22-6-2-1-3-7-22/h1-4,6-8,10-12,16,18-19,25,29,31-34,38-40,51-52,59-60H,5,9,13-15,17,20-21,48-49H2,(H2,50,61)(H,53,62)(H,54,64)(H,55,66)(H,56,67)(H,57,65)(H,58,63)(H,68,69)/t25-,29-,31-,32-,33-,34-,38-,39-,40+/m0/s1. The Morgan fingerprint density at radius 2 is 1.54 bits per heavy atom. The maximum Gasteiger partial charge on any atom is 0.326 e. The van der Waals surface area contributed by atoms with Gasteiger partial charge in [0.05, 0.1) is 31.2 Å². The van der Waals surface area contributed by atoms with Gasteiger partial charge in [0, 0.05) is 46.6 Å². The zero-order valence-corrected chi connectivity index (χ0v) is 37.6. The van der Waals surface area contributed by atoms with Gasteiger partial charge in [0.25, 0.3) is 0 Å². The number of para-hydroxylation sites is 1. The molecule has 3 aromatic carbocycles. The lowest BCUT2D eigenvalue weighted by Gasteiger charge is -2.33. The molecule has 70 heavy (non-hydrogen) atoms. The fourth-order valence-corrected chi connectivity index (χ4v) is 8.78. The molecule has 3 aliphatic rings. The highest BCUT2D eigenvalue weighted by molar-refractivity contribution is 6.00. The molecule has 0 saturated heterocycles. The Labute approximate surface area is 399 Å². The first-order chi connectivity index (χ1) is 33.6. The van der Waals surface area contributed by atoms with Crippen LogP contribution in [0.25, 0.3) is 21.8 Å². The first-order valence-electron chi connectivity index (χ1n) is 22.5. The molecule has 23 nitrogen and oxygen atoms in total. The summed E-state index contributed by atoms with van der Waals surface area (Å²) < 4.78 is 6.73. The number of rotatable bonds is 14. The van der Waals surface area contributed by atoms with Gasteiger partial charge in [-0.3, -0.25) is 33.6 Å². The van der Waals surface area contributed by atoms with E-state index in [4.69, 9.17) is 21.9 Å². The van der Waals surface area contributed by atoms with Gasteiger partial charge in [-0.05, 0) is 54.6 Å². The van der Waals surface area contributed by atoms with Crippen molar-refractivity contribution >= 4 is 69.1 Å². The normalized spacial score (nSPS) is 22.8. The van der Waals surface area contributed by atoms with Gasteiger partial charge in [-0.15, -0.1) is 0 Å². The van der Waals surface area contributed by atoms with Crippen LogP contribution in [0.5, 0.6) is 5.75 Å². The number of primary amides is 1. The predicted molar refractivity (Wildman–Crippen MR) is 250 cm³/mol. The van der Waals surface area contributed by atoms with Crippen molar-refractivity contribution in [2.45, 2.75) is 86.4 Å². The number of aromatic amines is 2. The monoisotopic (exact) mass is 965 g/mol. The number of ether oxygens (including phenoxy) is 1. The summed E-state index contributed by atoms with van der Waals surface area (Å²) in [6, 6.07) is 7.27. The number of fused-ring (bicyclic) bond motifs is 7. The largest absolute Gasteiger partial charge is 0.481 e. The van der Waals surface area contributed by atoms with E-state index in [9.17, 15) is 53.7 Å². The van der Waals surface area contributed by atoms with Crippen LogP contribution in [-0.2, 0) is 51.2 Å². The third-order valence-corrected chi connectivity index (χ3v) is 12.4. The van der Waals surface area contributed by atoms with E-state index in [0.29, 0.717) is 50.5 Å². The van der Waals surface area contributed by atoms with Crippen molar-refractivity contribution in [3.63, 3.8) is 0 Å². The number of benzene rings is 3. The zero-order valence-electron chi connectivity index (χ0n) is 37.6. The number of amides is 7. The molecule has 8 bridgehead atoms. The van der Waals surface area contributed by atoms with Gasteiger partial charge < -0.3 is 79.1 Å². The molecule has 2 aromatic heterocycles. The van der Waals surface area contributed by atoms with E-state index in [0.717, 1.165) is 0 Å². The fraction of sp³-hybridized carbons (Fsp3) is 0.362. The Kier molecular flexibility index (Phi) is 15.8. The molecule has 7 amide bonds. The van der Waals surface area contributed by atoms with Crippen LogP contribution in [0.4, 0.5) is 0 Å². The highest BCUT2D eigenvalue weighted by atomic mass is 16.5. The topological polar surface area (TPSA) is 388 Å².